The molecule has 1 aliphatic heterocycles. The van der Waals surface area contributed by atoms with Crippen LogP contribution in [0.1, 0.15) is 31.4 Å². The van der Waals surface area contributed by atoms with Crippen molar-refractivity contribution < 1.29 is 19.1 Å². The normalized spacial score (nSPS) is 27.8. The first-order valence-corrected chi connectivity index (χ1v) is 9.93. The predicted octanol–water partition coefficient (Wildman–Crippen LogP) is 2.03. The van der Waals surface area contributed by atoms with Gasteiger partial charge in [-0.1, -0.05) is 36.4 Å². The number of imide groups is 1. The molecule has 4 rings (SSSR count). The van der Waals surface area contributed by atoms with Crippen molar-refractivity contribution >= 4 is 17.7 Å². The standard InChI is InChI=1S/C22H26N2O4/c1-13(2)28-12-15-5-3-4-14(8-15)10-23-18(25)11-24-21(26)19-16-6-7-17(9-16)20(19)22(24)27/h3-8,13,16-17,19-20H,9-12H2,1-2H3,(H,23,25). The van der Waals surface area contributed by atoms with Crippen molar-refractivity contribution in [2.24, 2.45) is 23.7 Å². The number of fused-ring (bicyclic) bond motifs is 5. The zero-order chi connectivity index (χ0) is 19.8. The molecule has 1 saturated carbocycles. The fourth-order valence-corrected chi connectivity index (χ4v) is 4.61. The van der Waals surface area contributed by atoms with E-state index in [9.17, 15) is 14.4 Å². The smallest absolute Gasteiger partial charge is 0.240 e. The quantitative estimate of drug-likeness (QED) is 0.578. The number of ether oxygens (including phenoxy) is 1. The summed E-state index contributed by atoms with van der Waals surface area (Å²) in [6.45, 7) is 4.65. The third-order valence-electron chi connectivity index (χ3n) is 5.93. The first kappa shape index (κ1) is 18.9. The summed E-state index contributed by atoms with van der Waals surface area (Å²) >= 11 is 0. The van der Waals surface area contributed by atoms with Gasteiger partial charge in [0, 0.05) is 6.54 Å². The number of hydrogen-bond acceptors (Lipinski definition) is 4. The van der Waals surface area contributed by atoms with Crippen LogP contribution in [0.3, 0.4) is 0 Å². The fourth-order valence-electron chi connectivity index (χ4n) is 4.61. The van der Waals surface area contributed by atoms with Crippen molar-refractivity contribution in [1.29, 1.82) is 0 Å². The van der Waals surface area contributed by atoms with Crippen LogP contribution >= 0.6 is 0 Å². The summed E-state index contributed by atoms with van der Waals surface area (Å²) in [7, 11) is 0. The molecular weight excluding hydrogens is 356 g/mol. The van der Waals surface area contributed by atoms with Crippen molar-refractivity contribution in [1.82, 2.24) is 10.2 Å². The van der Waals surface area contributed by atoms with E-state index < -0.39 is 0 Å². The number of allylic oxidation sites excluding steroid dienone is 2. The van der Waals surface area contributed by atoms with E-state index >= 15 is 0 Å². The van der Waals surface area contributed by atoms with Crippen LogP contribution < -0.4 is 5.32 Å². The highest BCUT2D eigenvalue weighted by Crippen LogP contribution is 2.52. The van der Waals surface area contributed by atoms with E-state index in [0.717, 1.165) is 22.4 Å². The van der Waals surface area contributed by atoms with Gasteiger partial charge in [0.15, 0.2) is 0 Å². The largest absolute Gasteiger partial charge is 0.374 e. The topological polar surface area (TPSA) is 75.7 Å². The Kier molecular flexibility index (Phi) is 5.06. The number of benzene rings is 1. The molecule has 1 aromatic rings. The monoisotopic (exact) mass is 382 g/mol. The van der Waals surface area contributed by atoms with Gasteiger partial charge in [0.1, 0.15) is 6.54 Å². The van der Waals surface area contributed by atoms with Crippen LogP contribution in [0.15, 0.2) is 36.4 Å². The molecule has 3 amide bonds. The Hall–Kier alpha value is -2.47. The maximum absolute atomic E-state index is 12.6. The molecule has 6 nitrogen and oxygen atoms in total. The maximum atomic E-state index is 12.6. The van der Waals surface area contributed by atoms with Gasteiger partial charge in [-0.2, -0.15) is 0 Å². The summed E-state index contributed by atoms with van der Waals surface area (Å²) in [6.07, 6.45) is 5.15. The molecule has 2 fully saturated rings. The lowest BCUT2D eigenvalue weighted by Gasteiger charge is -2.17. The van der Waals surface area contributed by atoms with Crippen LogP contribution in [0.5, 0.6) is 0 Å². The van der Waals surface area contributed by atoms with E-state index in [0.29, 0.717) is 13.2 Å². The molecule has 28 heavy (non-hydrogen) atoms. The van der Waals surface area contributed by atoms with Gasteiger partial charge in [0.2, 0.25) is 17.7 Å². The van der Waals surface area contributed by atoms with Crippen molar-refractivity contribution in [2.75, 3.05) is 6.54 Å². The molecule has 2 bridgehead atoms. The van der Waals surface area contributed by atoms with E-state index in [1.165, 1.54) is 0 Å². The number of hydrogen-bond donors (Lipinski definition) is 1. The van der Waals surface area contributed by atoms with E-state index in [1.807, 2.05) is 38.1 Å². The van der Waals surface area contributed by atoms with Crippen LogP contribution in [-0.4, -0.2) is 35.3 Å². The van der Waals surface area contributed by atoms with Crippen molar-refractivity contribution in [3.8, 4) is 0 Å². The lowest BCUT2D eigenvalue weighted by atomic mass is 9.85. The number of carbonyl (C=O) groups excluding carboxylic acids is 3. The lowest BCUT2D eigenvalue weighted by Crippen LogP contribution is -2.41. The van der Waals surface area contributed by atoms with Crippen molar-refractivity contribution in [3.05, 3.63) is 47.5 Å². The van der Waals surface area contributed by atoms with Gasteiger partial charge in [-0.25, -0.2) is 0 Å². The molecule has 4 atom stereocenters. The number of nitrogens with zero attached hydrogens (tertiary/aromatic N) is 1. The van der Waals surface area contributed by atoms with Crippen molar-refractivity contribution in [2.45, 2.75) is 39.5 Å². The number of nitrogens with one attached hydrogen (secondary N) is 1. The Morgan fingerprint density at radius 3 is 2.43 bits per heavy atom. The molecule has 1 saturated heterocycles. The first-order valence-electron chi connectivity index (χ1n) is 9.93. The predicted molar refractivity (Wildman–Crippen MR) is 103 cm³/mol. The second-order valence-corrected chi connectivity index (χ2v) is 8.22. The summed E-state index contributed by atoms with van der Waals surface area (Å²) in [4.78, 5) is 38.8. The Balaban J connectivity index is 1.31. The highest BCUT2D eigenvalue weighted by Gasteiger charge is 2.59. The highest BCUT2D eigenvalue weighted by molar-refractivity contribution is 6.08. The van der Waals surface area contributed by atoms with Crippen LogP contribution in [0, 0.1) is 23.7 Å². The minimum atomic E-state index is -0.314. The average Bonchev–Trinajstić information content (AvgIpc) is 3.35. The molecule has 0 aromatic heterocycles. The highest BCUT2D eigenvalue weighted by atomic mass is 16.5. The number of amides is 3. The van der Waals surface area contributed by atoms with Crippen LogP contribution in [-0.2, 0) is 32.3 Å². The molecule has 3 aliphatic rings. The summed E-state index contributed by atoms with van der Waals surface area (Å²) in [5, 5.41) is 2.82. The molecule has 0 radical (unpaired) electrons. The van der Waals surface area contributed by atoms with Gasteiger partial charge in [0.25, 0.3) is 0 Å². The second kappa shape index (κ2) is 7.51. The number of carbonyl (C=O) groups is 3. The van der Waals surface area contributed by atoms with Crippen molar-refractivity contribution in [3.63, 3.8) is 0 Å². The Morgan fingerprint density at radius 1 is 1.14 bits per heavy atom. The van der Waals surface area contributed by atoms with Gasteiger partial charge in [0.05, 0.1) is 24.5 Å². The summed E-state index contributed by atoms with van der Waals surface area (Å²) in [5.74, 6) is -0.873. The Bertz CT molecular complexity index is 802. The third kappa shape index (κ3) is 3.49. The number of rotatable bonds is 7. The van der Waals surface area contributed by atoms with Crippen LogP contribution in [0.25, 0.3) is 0 Å². The maximum Gasteiger partial charge on any atom is 0.240 e. The average molecular weight is 382 g/mol. The summed E-state index contributed by atoms with van der Waals surface area (Å²) in [5.41, 5.74) is 2.00. The molecule has 0 spiro atoms. The Labute approximate surface area is 164 Å². The molecular formula is C22H26N2O4. The van der Waals surface area contributed by atoms with Crippen LogP contribution in [0.4, 0.5) is 0 Å². The molecule has 1 aromatic carbocycles. The first-order chi connectivity index (χ1) is 13.4. The fraction of sp³-hybridized carbons (Fsp3) is 0.500. The Morgan fingerprint density at radius 2 is 1.79 bits per heavy atom. The minimum absolute atomic E-state index is 0.156. The summed E-state index contributed by atoms with van der Waals surface area (Å²) in [6, 6.07) is 7.83. The van der Waals surface area contributed by atoms with Gasteiger partial charge >= 0.3 is 0 Å². The number of likely N-dealkylation sites (tertiary alicyclic amines) is 1. The van der Waals surface area contributed by atoms with Gasteiger partial charge < -0.3 is 10.1 Å². The van der Waals surface area contributed by atoms with E-state index in [4.69, 9.17) is 4.74 Å². The molecule has 148 valence electrons. The molecule has 1 N–H and O–H groups in total. The SMILES string of the molecule is CC(C)OCc1cccc(CNC(=O)CN2C(=O)C3C4C=CC(C4)C3C2=O)c1. The molecule has 1 heterocycles. The van der Waals surface area contributed by atoms with Gasteiger partial charge in [-0.3, -0.25) is 19.3 Å². The molecule has 2 aliphatic carbocycles. The molecule has 4 unspecified atom stereocenters. The van der Waals surface area contributed by atoms with Gasteiger partial charge in [-0.05, 0) is 43.2 Å². The van der Waals surface area contributed by atoms with Crippen LogP contribution in [0.2, 0.25) is 0 Å². The van der Waals surface area contributed by atoms with Gasteiger partial charge in [-0.15, -0.1) is 0 Å². The van der Waals surface area contributed by atoms with E-state index in [2.05, 4.69) is 17.5 Å². The van der Waals surface area contributed by atoms with E-state index in [1.54, 1.807) is 0 Å². The summed E-state index contributed by atoms with van der Waals surface area (Å²) < 4.78 is 5.61. The minimum Gasteiger partial charge on any atom is -0.374 e. The van der Waals surface area contributed by atoms with E-state index in [-0.39, 0.29) is 54.0 Å². The lowest BCUT2D eigenvalue weighted by molar-refractivity contribution is -0.144. The zero-order valence-corrected chi connectivity index (χ0v) is 16.3. The zero-order valence-electron chi connectivity index (χ0n) is 16.3. The second-order valence-electron chi connectivity index (χ2n) is 8.22. The molecule has 6 heteroatoms. The third-order valence-corrected chi connectivity index (χ3v) is 5.93.